The molecular weight excluding hydrogens is 278 g/mol. The lowest BCUT2D eigenvalue weighted by molar-refractivity contribution is 0.108. The van der Waals surface area contributed by atoms with E-state index in [1.165, 1.54) is 31.4 Å². The fourth-order valence-electron chi connectivity index (χ4n) is 2.17. The smallest absolute Gasteiger partial charge is 0.0716 e. The molecule has 2 nitrogen and oxygen atoms in total. The highest BCUT2D eigenvalue weighted by Gasteiger charge is 2.11. The van der Waals surface area contributed by atoms with Crippen LogP contribution in [-0.2, 0) is 11.3 Å². The highest BCUT2D eigenvalue weighted by atomic mass is 79.9. The molecule has 1 N–H and O–H groups in total. The summed E-state index contributed by atoms with van der Waals surface area (Å²) in [6.45, 7) is 2.76. The molecule has 0 spiro atoms. The summed E-state index contributed by atoms with van der Waals surface area (Å²) in [5.41, 5.74) is 1.24. The van der Waals surface area contributed by atoms with Crippen LogP contribution in [-0.4, -0.2) is 19.2 Å². The summed E-state index contributed by atoms with van der Waals surface area (Å²) in [4.78, 5) is 0. The van der Waals surface area contributed by atoms with E-state index in [9.17, 15) is 0 Å². The molecule has 1 heterocycles. The van der Waals surface area contributed by atoms with Crippen LogP contribution >= 0.6 is 15.9 Å². The quantitative estimate of drug-likeness (QED) is 0.840. The van der Waals surface area contributed by atoms with Crippen LogP contribution in [0.15, 0.2) is 28.7 Å². The molecule has 0 aliphatic carbocycles. The number of hydrogen-bond acceptors (Lipinski definition) is 2. The third kappa shape index (κ3) is 4.78. The van der Waals surface area contributed by atoms with Crippen molar-refractivity contribution in [2.45, 2.75) is 38.3 Å². The van der Waals surface area contributed by atoms with Crippen molar-refractivity contribution in [2.75, 3.05) is 13.2 Å². The van der Waals surface area contributed by atoms with E-state index in [4.69, 9.17) is 4.74 Å². The summed E-state index contributed by atoms with van der Waals surface area (Å²) in [5.74, 6) is 0. The molecule has 1 aliphatic rings. The Morgan fingerprint density at radius 2 is 2.06 bits per heavy atom. The molecule has 0 unspecified atom stereocenters. The van der Waals surface area contributed by atoms with Gasteiger partial charge < -0.3 is 10.1 Å². The van der Waals surface area contributed by atoms with Gasteiger partial charge in [-0.2, -0.15) is 0 Å². The van der Waals surface area contributed by atoms with Gasteiger partial charge in [0.15, 0.2) is 0 Å². The molecule has 17 heavy (non-hydrogen) atoms. The van der Waals surface area contributed by atoms with Gasteiger partial charge in [-0.1, -0.05) is 34.5 Å². The zero-order valence-electron chi connectivity index (χ0n) is 10.1. The predicted octanol–water partition coefficient (Wildman–Crippen LogP) is 3.50. The van der Waals surface area contributed by atoms with E-state index in [0.29, 0.717) is 6.04 Å². The second-order valence-corrected chi connectivity index (χ2v) is 5.53. The number of benzene rings is 1. The van der Waals surface area contributed by atoms with Crippen LogP contribution in [0.5, 0.6) is 0 Å². The second kappa shape index (κ2) is 7.14. The van der Waals surface area contributed by atoms with Crippen molar-refractivity contribution in [1.82, 2.24) is 5.32 Å². The number of piperidine rings is 1. The lowest BCUT2D eigenvalue weighted by Gasteiger charge is -2.23. The summed E-state index contributed by atoms with van der Waals surface area (Å²) < 4.78 is 6.83. The molecule has 0 amide bonds. The minimum Gasteiger partial charge on any atom is -0.377 e. The Balaban J connectivity index is 1.60. The van der Waals surface area contributed by atoms with Crippen molar-refractivity contribution < 1.29 is 4.74 Å². The Hall–Kier alpha value is -0.380. The molecule has 94 valence electrons. The van der Waals surface area contributed by atoms with Gasteiger partial charge in [0.25, 0.3) is 0 Å². The van der Waals surface area contributed by atoms with Gasteiger partial charge in [0.2, 0.25) is 0 Å². The lowest BCUT2D eigenvalue weighted by Crippen LogP contribution is -2.34. The zero-order chi connectivity index (χ0) is 11.9. The largest absolute Gasteiger partial charge is 0.377 e. The number of ether oxygens (including phenoxy) is 1. The van der Waals surface area contributed by atoms with E-state index in [-0.39, 0.29) is 0 Å². The highest BCUT2D eigenvalue weighted by molar-refractivity contribution is 9.10. The molecule has 1 aromatic rings. The van der Waals surface area contributed by atoms with Gasteiger partial charge in [-0.15, -0.1) is 0 Å². The fourth-order valence-corrected chi connectivity index (χ4v) is 2.43. The zero-order valence-corrected chi connectivity index (χ0v) is 11.7. The molecular formula is C14H20BrNO. The van der Waals surface area contributed by atoms with Crippen molar-refractivity contribution in [3.05, 3.63) is 34.3 Å². The monoisotopic (exact) mass is 297 g/mol. The maximum Gasteiger partial charge on any atom is 0.0716 e. The van der Waals surface area contributed by atoms with Gasteiger partial charge in [-0.05, 0) is 43.5 Å². The van der Waals surface area contributed by atoms with E-state index in [1.807, 2.05) is 0 Å². The van der Waals surface area contributed by atoms with Crippen LogP contribution in [0.3, 0.4) is 0 Å². The van der Waals surface area contributed by atoms with Crippen LogP contribution in [0.2, 0.25) is 0 Å². The minimum atomic E-state index is 0.675. The van der Waals surface area contributed by atoms with E-state index >= 15 is 0 Å². The molecule has 1 aromatic carbocycles. The molecule has 2 rings (SSSR count). The average molecular weight is 298 g/mol. The Morgan fingerprint density at radius 1 is 1.24 bits per heavy atom. The maximum atomic E-state index is 5.71. The van der Waals surface area contributed by atoms with Gasteiger partial charge in [0.1, 0.15) is 0 Å². The van der Waals surface area contributed by atoms with Gasteiger partial charge in [-0.25, -0.2) is 0 Å². The van der Waals surface area contributed by atoms with Crippen LogP contribution in [0.1, 0.15) is 31.2 Å². The summed E-state index contributed by atoms with van der Waals surface area (Å²) in [6.07, 6.45) is 5.14. The third-order valence-electron chi connectivity index (χ3n) is 3.21. The predicted molar refractivity (Wildman–Crippen MR) is 74.1 cm³/mol. The first-order valence-electron chi connectivity index (χ1n) is 6.40. The number of halogens is 1. The topological polar surface area (TPSA) is 21.3 Å². The number of hydrogen-bond donors (Lipinski definition) is 1. The van der Waals surface area contributed by atoms with Gasteiger partial charge in [0, 0.05) is 17.1 Å². The molecule has 3 heteroatoms. The van der Waals surface area contributed by atoms with Gasteiger partial charge in [-0.3, -0.25) is 0 Å². The van der Waals surface area contributed by atoms with Crippen molar-refractivity contribution in [3.63, 3.8) is 0 Å². The summed E-state index contributed by atoms with van der Waals surface area (Å²) in [6, 6.07) is 8.99. The lowest BCUT2D eigenvalue weighted by atomic mass is 10.0. The van der Waals surface area contributed by atoms with Crippen molar-refractivity contribution in [2.24, 2.45) is 0 Å². The van der Waals surface area contributed by atoms with E-state index in [2.05, 4.69) is 45.5 Å². The molecule has 0 bridgehead atoms. The first kappa shape index (κ1) is 13.1. The van der Waals surface area contributed by atoms with Crippen LogP contribution in [0, 0.1) is 0 Å². The fraction of sp³-hybridized carbons (Fsp3) is 0.571. The standard InChI is InChI=1S/C14H20BrNO/c15-13-6-4-12(5-7-13)11-17-10-8-14-3-1-2-9-16-14/h4-7,14,16H,1-3,8-11H2/t14-/m0/s1. The van der Waals surface area contributed by atoms with E-state index in [1.54, 1.807) is 0 Å². The number of nitrogens with one attached hydrogen (secondary N) is 1. The van der Waals surface area contributed by atoms with Gasteiger partial charge in [0.05, 0.1) is 6.61 Å². The van der Waals surface area contributed by atoms with Crippen molar-refractivity contribution >= 4 is 15.9 Å². The molecule has 0 aromatic heterocycles. The molecule has 1 fully saturated rings. The first-order valence-corrected chi connectivity index (χ1v) is 7.19. The SMILES string of the molecule is Brc1ccc(COCC[C@@H]2CCCCN2)cc1. The Labute approximate surface area is 112 Å². The first-order chi connectivity index (χ1) is 8.34. The molecule has 1 saturated heterocycles. The maximum absolute atomic E-state index is 5.71. The molecule has 0 saturated carbocycles. The number of rotatable bonds is 5. The van der Waals surface area contributed by atoms with E-state index < -0.39 is 0 Å². The van der Waals surface area contributed by atoms with Crippen molar-refractivity contribution in [1.29, 1.82) is 0 Å². The Kier molecular flexibility index (Phi) is 5.49. The third-order valence-corrected chi connectivity index (χ3v) is 3.73. The van der Waals surface area contributed by atoms with Gasteiger partial charge >= 0.3 is 0 Å². The van der Waals surface area contributed by atoms with Crippen LogP contribution < -0.4 is 5.32 Å². The van der Waals surface area contributed by atoms with Crippen molar-refractivity contribution in [3.8, 4) is 0 Å². The normalized spacial score (nSPS) is 20.4. The average Bonchev–Trinajstić information content (AvgIpc) is 2.38. The summed E-state index contributed by atoms with van der Waals surface area (Å²) >= 11 is 3.43. The second-order valence-electron chi connectivity index (χ2n) is 4.61. The Bertz CT molecular complexity index is 319. The molecule has 1 aliphatic heterocycles. The molecule has 0 radical (unpaired) electrons. The summed E-state index contributed by atoms with van der Waals surface area (Å²) in [7, 11) is 0. The van der Waals surface area contributed by atoms with Crippen LogP contribution in [0.4, 0.5) is 0 Å². The molecule has 1 atom stereocenters. The minimum absolute atomic E-state index is 0.675. The van der Waals surface area contributed by atoms with Crippen LogP contribution in [0.25, 0.3) is 0 Å². The summed E-state index contributed by atoms with van der Waals surface area (Å²) in [5, 5.41) is 3.54. The Morgan fingerprint density at radius 3 is 2.76 bits per heavy atom. The van der Waals surface area contributed by atoms with E-state index in [0.717, 1.165) is 24.1 Å². The highest BCUT2D eigenvalue weighted by Crippen LogP contribution is 2.12.